The van der Waals surface area contributed by atoms with Gasteiger partial charge in [-0.05, 0) is 12.1 Å². The van der Waals surface area contributed by atoms with E-state index in [4.69, 9.17) is 10.5 Å². The Morgan fingerprint density at radius 3 is 2.27 bits per heavy atom. The molecular weight excluding hydrogens is 215 g/mol. The van der Waals surface area contributed by atoms with Crippen LogP contribution in [-0.2, 0) is 11.3 Å². The second-order valence-corrected chi connectivity index (χ2v) is 3.44. The summed E-state index contributed by atoms with van der Waals surface area (Å²) in [4.78, 5) is 2.32. The number of nitrogens with zero attached hydrogens (tertiary/aromatic N) is 1. The van der Waals surface area contributed by atoms with Gasteiger partial charge in [-0.15, -0.1) is 6.54 Å². The van der Waals surface area contributed by atoms with Crippen LogP contribution in [0.5, 0.6) is 0 Å². The molecule has 0 radical (unpaired) electrons. The van der Waals surface area contributed by atoms with E-state index in [9.17, 15) is 0 Å². The topological polar surface area (TPSA) is 36.3 Å². The van der Waals surface area contributed by atoms with Crippen molar-refractivity contribution >= 4 is 5.69 Å². The fourth-order valence-corrected chi connectivity index (χ4v) is 1.65. The number of benzene rings is 1. The van der Waals surface area contributed by atoms with Gasteiger partial charge in [0.15, 0.2) is 0 Å². The van der Waals surface area contributed by atoms with E-state index >= 15 is 0 Å². The van der Waals surface area contributed by atoms with Crippen LogP contribution in [0.1, 0.15) is 5.56 Å². The van der Waals surface area contributed by atoms with Gasteiger partial charge >= 0.3 is 51.4 Å². The van der Waals surface area contributed by atoms with E-state index in [2.05, 4.69) is 17.0 Å². The second-order valence-electron chi connectivity index (χ2n) is 3.44. The molecule has 1 aromatic rings. The molecule has 1 heterocycles. The van der Waals surface area contributed by atoms with Crippen molar-refractivity contribution in [3.63, 3.8) is 0 Å². The molecule has 0 amide bonds. The summed E-state index contributed by atoms with van der Waals surface area (Å²) in [6, 6.07) is 8.24. The van der Waals surface area contributed by atoms with Crippen LogP contribution in [0.2, 0.25) is 0 Å². The zero-order valence-corrected chi connectivity index (χ0v) is 12.3. The fraction of sp³-hybridized carbons (Fsp3) is 0.455. The van der Waals surface area contributed by atoms with Gasteiger partial charge in [0.1, 0.15) is 0 Å². The number of nitrogens with one attached hydrogen (secondary N) is 1. The predicted molar refractivity (Wildman–Crippen MR) is 57.5 cm³/mol. The first-order chi connectivity index (χ1) is 6.90. The first-order valence-corrected chi connectivity index (χ1v) is 4.96. The molecule has 0 aliphatic carbocycles. The normalized spacial score (nSPS) is 15.9. The van der Waals surface area contributed by atoms with Gasteiger partial charge in [0.25, 0.3) is 0 Å². The Labute approximate surface area is 133 Å². The molecule has 1 aliphatic heterocycles. The van der Waals surface area contributed by atoms with E-state index in [0.29, 0.717) is 6.54 Å². The average Bonchev–Trinajstić information content (AvgIpc) is 2.30. The summed E-state index contributed by atoms with van der Waals surface area (Å²) in [5, 5.41) is 0. The Kier molecular flexibility index (Phi) is 6.38. The summed E-state index contributed by atoms with van der Waals surface area (Å²) in [5.41, 5.74) is 9.54. The molecular formula is C11H15KN2O. The summed E-state index contributed by atoms with van der Waals surface area (Å²) < 4.78 is 5.29. The Balaban J connectivity index is 0.00000112. The van der Waals surface area contributed by atoms with Crippen LogP contribution in [0.4, 0.5) is 5.69 Å². The van der Waals surface area contributed by atoms with Crippen molar-refractivity contribution in [2.24, 2.45) is 0 Å². The molecule has 4 heteroatoms. The van der Waals surface area contributed by atoms with Crippen molar-refractivity contribution in [3.8, 4) is 0 Å². The van der Waals surface area contributed by atoms with Crippen molar-refractivity contribution in [2.75, 3.05) is 31.2 Å². The van der Waals surface area contributed by atoms with Gasteiger partial charge in [0.2, 0.25) is 0 Å². The first-order valence-electron chi connectivity index (χ1n) is 4.96. The SMILES string of the molecule is [K+].[NH-]Cc1ccc(N2CCOCC2)cc1. The molecule has 0 atom stereocenters. The van der Waals surface area contributed by atoms with Crippen LogP contribution in [0, 0.1) is 0 Å². The Hall–Kier alpha value is 0.576. The average molecular weight is 230 g/mol. The molecule has 0 saturated carbocycles. The van der Waals surface area contributed by atoms with Crippen LogP contribution in [0.25, 0.3) is 5.73 Å². The molecule has 0 aromatic heterocycles. The maximum atomic E-state index is 7.22. The van der Waals surface area contributed by atoms with E-state index in [-0.39, 0.29) is 51.4 Å². The van der Waals surface area contributed by atoms with E-state index < -0.39 is 0 Å². The Bertz CT molecular complexity index is 283. The third-order valence-corrected chi connectivity index (χ3v) is 2.52. The smallest absolute Gasteiger partial charge is 0.674 e. The standard InChI is InChI=1S/C11H15N2O.K/c12-9-10-1-3-11(4-2-10)13-5-7-14-8-6-13;/h1-4,12H,5-9H2;/q-1;+1. The Morgan fingerprint density at radius 2 is 1.73 bits per heavy atom. The molecule has 0 spiro atoms. The zero-order chi connectivity index (χ0) is 9.80. The predicted octanol–water partition coefficient (Wildman–Crippen LogP) is -0.921. The number of hydrogen-bond acceptors (Lipinski definition) is 2. The molecule has 15 heavy (non-hydrogen) atoms. The minimum absolute atomic E-state index is 0. The summed E-state index contributed by atoms with van der Waals surface area (Å²) in [7, 11) is 0. The molecule has 2 rings (SSSR count). The van der Waals surface area contributed by atoms with Crippen LogP contribution in [-0.4, -0.2) is 26.3 Å². The van der Waals surface area contributed by atoms with Crippen molar-refractivity contribution in [1.82, 2.24) is 0 Å². The van der Waals surface area contributed by atoms with Crippen LogP contribution in [0.3, 0.4) is 0 Å². The zero-order valence-electron chi connectivity index (χ0n) is 9.20. The second kappa shape index (κ2) is 7.01. The molecule has 0 bridgehead atoms. The number of ether oxygens (including phenoxy) is 1. The number of anilines is 1. The molecule has 1 saturated heterocycles. The summed E-state index contributed by atoms with van der Waals surface area (Å²) >= 11 is 0. The van der Waals surface area contributed by atoms with Crippen LogP contribution < -0.4 is 56.3 Å². The van der Waals surface area contributed by atoms with Gasteiger partial charge in [-0.1, -0.05) is 17.7 Å². The van der Waals surface area contributed by atoms with Gasteiger partial charge in [-0.25, -0.2) is 0 Å². The van der Waals surface area contributed by atoms with Crippen molar-refractivity contribution in [3.05, 3.63) is 35.6 Å². The molecule has 1 aliphatic rings. The number of hydrogen-bond donors (Lipinski definition) is 0. The van der Waals surface area contributed by atoms with Crippen molar-refractivity contribution in [1.29, 1.82) is 0 Å². The van der Waals surface area contributed by atoms with Crippen molar-refractivity contribution in [2.45, 2.75) is 6.54 Å². The third kappa shape index (κ3) is 3.82. The molecule has 1 N–H and O–H groups in total. The van der Waals surface area contributed by atoms with Crippen LogP contribution >= 0.6 is 0 Å². The maximum absolute atomic E-state index is 7.22. The molecule has 1 aromatic carbocycles. The maximum Gasteiger partial charge on any atom is 1.00 e. The van der Waals surface area contributed by atoms with E-state index in [1.807, 2.05) is 12.1 Å². The van der Waals surface area contributed by atoms with Crippen LogP contribution in [0.15, 0.2) is 24.3 Å². The third-order valence-electron chi connectivity index (χ3n) is 2.52. The Morgan fingerprint density at radius 1 is 1.13 bits per heavy atom. The minimum Gasteiger partial charge on any atom is -0.674 e. The van der Waals surface area contributed by atoms with E-state index in [1.54, 1.807) is 0 Å². The fourth-order valence-electron chi connectivity index (χ4n) is 1.65. The largest absolute Gasteiger partial charge is 1.00 e. The monoisotopic (exact) mass is 230 g/mol. The van der Waals surface area contributed by atoms with Gasteiger partial charge in [0.05, 0.1) is 13.2 Å². The molecule has 1 fully saturated rings. The van der Waals surface area contributed by atoms with Gasteiger partial charge in [0, 0.05) is 18.8 Å². The van der Waals surface area contributed by atoms with E-state index in [0.717, 1.165) is 31.9 Å². The number of rotatable bonds is 2. The van der Waals surface area contributed by atoms with E-state index in [1.165, 1.54) is 5.69 Å². The van der Waals surface area contributed by atoms with Gasteiger partial charge < -0.3 is 15.4 Å². The summed E-state index contributed by atoms with van der Waals surface area (Å²) in [6.45, 7) is 3.95. The van der Waals surface area contributed by atoms with Crippen molar-refractivity contribution < 1.29 is 56.1 Å². The number of morpholine rings is 1. The van der Waals surface area contributed by atoms with Gasteiger partial charge in [-0.3, -0.25) is 0 Å². The summed E-state index contributed by atoms with van der Waals surface area (Å²) in [5.74, 6) is 0. The molecule has 76 valence electrons. The first kappa shape index (κ1) is 13.6. The quantitative estimate of drug-likeness (QED) is 0.616. The summed E-state index contributed by atoms with van der Waals surface area (Å²) in [6.07, 6.45) is 0. The molecule has 3 nitrogen and oxygen atoms in total. The van der Waals surface area contributed by atoms with Gasteiger partial charge in [-0.2, -0.15) is 0 Å². The minimum atomic E-state index is 0. The molecule has 0 unspecified atom stereocenters.